The van der Waals surface area contributed by atoms with Crippen LogP contribution in [-0.2, 0) is 26.4 Å². The number of carbonyl (C=O) groups is 4. The molecule has 4 amide bonds. The van der Waals surface area contributed by atoms with Gasteiger partial charge in [0.2, 0.25) is 17.7 Å². The maximum Gasteiger partial charge on any atom is 0.251 e. The Morgan fingerprint density at radius 3 is 1.94 bits per heavy atom. The molecule has 0 saturated carbocycles. The Morgan fingerprint density at radius 2 is 1.35 bits per heavy atom. The van der Waals surface area contributed by atoms with Crippen molar-refractivity contribution in [1.82, 2.24) is 16.0 Å². The zero-order valence-corrected chi connectivity index (χ0v) is 29.7. The molecule has 0 aromatic heterocycles. The molecule has 0 aliphatic heterocycles. The maximum atomic E-state index is 13.7. The van der Waals surface area contributed by atoms with E-state index < -0.39 is 41.8 Å². The number of unbranched alkanes of at least 4 members (excludes halogenated alkanes) is 1. The summed E-state index contributed by atoms with van der Waals surface area (Å²) in [5, 5.41) is 8.22. The summed E-state index contributed by atoms with van der Waals surface area (Å²) in [7, 11) is 0. The van der Waals surface area contributed by atoms with Crippen molar-refractivity contribution < 1.29 is 23.9 Å². The summed E-state index contributed by atoms with van der Waals surface area (Å²) in [6.45, 7) is 7.46. The van der Waals surface area contributed by atoms with E-state index in [1.165, 1.54) is 5.56 Å². The van der Waals surface area contributed by atoms with E-state index in [4.69, 9.17) is 27.7 Å². The Kier molecular flexibility index (Phi) is 15.4. The van der Waals surface area contributed by atoms with Crippen molar-refractivity contribution in [2.24, 2.45) is 27.9 Å². The number of nitrogens with one attached hydrogen (secondary N) is 3. The fourth-order valence-electron chi connectivity index (χ4n) is 5.22. The third-order valence-corrected chi connectivity index (χ3v) is 8.19. The van der Waals surface area contributed by atoms with Gasteiger partial charge in [-0.25, -0.2) is 0 Å². The molecule has 0 unspecified atom stereocenters. The van der Waals surface area contributed by atoms with Crippen LogP contribution in [0.15, 0.2) is 83.9 Å². The number of carbonyl (C=O) groups excluding carboxylic acids is 4. The van der Waals surface area contributed by atoms with Gasteiger partial charge in [0.1, 0.15) is 30.5 Å². The number of benzene rings is 3. The molecule has 0 aliphatic carbocycles. The zero-order chi connectivity index (χ0) is 37.4. The van der Waals surface area contributed by atoms with Gasteiger partial charge in [0.15, 0.2) is 5.96 Å². The smallest absolute Gasteiger partial charge is 0.251 e. The number of nitrogens with two attached hydrogens (primary N) is 4. The zero-order valence-electron chi connectivity index (χ0n) is 29.7. The second-order valence-electron chi connectivity index (χ2n) is 13.3. The van der Waals surface area contributed by atoms with E-state index in [1.807, 2.05) is 12.1 Å². The van der Waals surface area contributed by atoms with E-state index in [0.717, 1.165) is 5.56 Å². The monoisotopic (exact) mass is 700 g/mol. The molecule has 13 heteroatoms. The predicted molar refractivity (Wildman–Crippen MR) is 198 cm³/mol. The number of hydrogen-bond donors (Lipinski definition) is 7. The van der Waals surface area contributed by atoms with E-state index in [0.29, 0.717) is 49.3 Å². The van der Waals surface area contributed by atoms with Gasteiger partial charge < -0.3 is 43.6 Å². The molecule has 0 heterocycles. The maximum absolute atomic E-state index is 13.7. The van der Waals surface area contributed by atoms with E-state index in [1.54, 1.807) is 54.6 Å². The van der Waals surface area contributed by atoms with Gasteiger partial charge >= 0.3 is 0 Å². The second kappa shape index (κ2) is 19.7. The Balaban J connectivity index is 1.71. The van der Waals surface area contributed by atoms with Crippen molar-refractivity contribution in [3.8, 4) is 5.75 Å². The average molecular weight is 701 g/mol. The summed E-state index contributed by atoms with van der Waals surface area (Å²) >= 11 is 0. The molecule has 0 spiro atoms. The summed E-state index contributed by atoms with van der Waals surface area (Å²) in [5.74, 6) is -1.95. The standard InChI is InChI=1S/C38H52N8O5/c1-38(2,3)28-18-14-25(15-19-28)24-51-29-20-16-26(17-21-29)32(33(40)47)46-36(50)30(12-7-8-22-39)45-35(49)31(13-9-23-43-37(41)42)44-34(48)27-10-5-4-6-11-27/h4-6,10-11,14-21,30-32H,7-9,12-13,22-24,39H2,1-3H3,(H2,40,47)(H,44,48)(H,45,49)(H,46,50)(H4,41,42,43)/t30-,31-,32+/m0/s1. The SMILES string of the molecule is CC(C)(C)c1ccc(COc2ccc([C@@H](NC(=O)[C@H](CCCCN)NC(=O)[C@H](CCCN=C(N)N)NC(=O)c3ccccc3)C(N)=O)cc2)cc1. The number of nitrogens with zero attached hydrogens (tertiary/aromatic N) is 1. The lowest BCUT2D eigenvalue weighted by Crippen LogP contribution is -2.54. The molecule has 3 atom stereocenters. The lowest BCUT2D eigenvalue weighted by atomic mass is 9.87. The number of primary amides is 1. The molecule has 3 aromatic rings. The quantitative estimate of drug-likeness (QED) is 0.0557. The van der Waals surface area contributed by atoms with Gasteiger partial charge in [0.25, 0.3) is 5.91 Å². The first kappa shape index (κ1) is 40.0. The Labute approximate surface area is 300 Å². The molecular weight excluding hydrogens is 648 g/mol. The highest BCUT2D eigenvalue weighted by atomic mass is 16.5. The van der Waals surface area contributed by atoms with Crippen LogP contribution in [0.2, 0.25) is 0 Å². The number of amides is 4. The van der Waals surface area contributed by atoms with Crippen LogP contribution in [0.5, 0.6) is 5.75 Å². The summed E-state index contributed by atoms with van der Waals surface area (Å²) in [5.41, 5.74) is 25.4. The molecule has 13 nitrogen and oxygen atoms in total. The molecule has 0 saturated heterocycles. The normalized spacial score (nSPS) is 12.9. The number of hydrogen-bond acceptors (Lipinski definition) is 7. The summed E-state index contributed by atoms with van der Waals surface area (Å²) in [6.07, 6.45) is 1.93. The molecule has 0 bridgehead atoms. The minimum Gasteiger partial charge on any atom is -0.489 e. The Bertz CT molecular complexity index is 1600. The molecule has 3 rings (SSSR count). The number of aliphatic imine (C=N–C) groups is 1. The van der Waals surface area contributed by atoms with Crippen molar-refractivity contribution in [2.75, 3.05) is 13.1 Å². The third-order valence-electron chi connectivity index (χ3n) is 8.19. The van der Waals surface area contributed by atoms with Crippen molar-refractivity contribution in [2.45, 2.75) is 83.0 Å². The van der Waals surface area contributed by atoms with Gasteiger partial charge in [0, 0.05) is 12.1 Å². The van der Waals surface area contributed by atoms with Gasteiger partial charge in [0.05, 0.1) is 0 Å². The van der Waals surface area contributed by atoms with Crippen LogP contribution in [0.1, 0.15) is 86.0 Å². The first-order valence-corrected chi connectivity index (χ1v) is 17.1. The molecular formula is C38H52N8O5. The molecule has 274 valence electrons. The van der Waals surface area contributed by atoms with Gasteiger partial charge in [-0.15, -0.1) is 0 Å². The summed E-state index contributed by atoms with van der Waals surface area (Å²) < 4.78 is 5.94. The molecule has 11 N–H and O–H groups in total. The van der Waals surface area contributed by atoms with Crippen LogP contribution >= 0.6 is 0 Å². The van der Waals surface area contributed by atoms with Crippen LogP contribution < -0.4 is 43.6 Å². The number of guanidine groups is 1. The molecule has 0 aliphatic rings. The highest BCUT2D eigenvalue weighted by Gasteiger charge is 2.29. The first-order valence-electron chi connectivity index (χ1n) is 17.1. The van der Waals surface area contributed by atoms with Gasteiger partial charge in [-0.2, -0.15) is 0 Å². The topological polar surface area (TPSA) is 230 Å². The Morgan fingerprint density at radius 1 is 0.745 bits per heavy atom. The minimum absolute atomic E-state index is 0.0520. The van der Waals surface area contributed by atoms with E-state index in [2.05, 4.69) is 53.8 Å². The molecule has 51 heavy (non-hydrogen) atoms. The van der Waals surface area contributed by atoms with Gasteiger partial charge in [-0.05, 0) is 85.0 Å². The van der Waals surface area contributed by atoms with Crippen molar-refractivity contribution in [1.29, 1.82) is 0 Å². The second-order valence-corrected chi connectivity index (χ2v) is 13.3. The van der Waals surface area contributed by atoms with Crippen LogP contribution in [0.4, 0.5) is 0 Å². The highest BCUT2D eigenvalue weighted by Crippen LogP contribution is 2.23. The molecule has 0 radical (unpaired) electrons. The average Bonchev–Trinajstić information content (AvgIpc) is 3.10. The lowest BCUT2D eigenvalue weighted by molar-refractivity contribution is -0.132. The minimum atomic E-state index is -1.18. The third kappa shape index (κ3) is 13.4. The van der Waals surface area contributed by atoms with E-state index in [-0.39, 0.29) is 30.8 Å². The van der Waals surface area contributed by atoms with Crippen LogP contribution in [0, 0.1) is 0 Å². The van der Waals surface area contributed by atoms with Crippen molar-refractivity contribution in [3.05, 3.63) is 101 Å². The van der Waals surface area contributed by atoms with Crippen molar-refractivity contribution >= 4 is 29.6 Å². The summed E-state index contributed by atoms with van der Waals surface area (Å²) in [6, 6.07) is 20.2. The number of ether oxygens (including phenoxy) is 1. The fraction of sp³-hybridized carbons (Fsp3) is 0.395. The lowest BCUT2D eigenvalue weighted by Gasteiger charge is -2.25. The van der Waals surface area contributed by atoms with E-state index in [9.17, 15) is 19.2 Å². The summed E-state index contributed by atoms with van der Waals surface area (Å²) in [4.78, 5) is 56.8. The van der Waals surface area contributed by atoms with Crippen molar-refractivity contribution in [3.63, 3.8) is 0 Å². The molecule has 0 fully saturated rings. The molecule has 3 aromatic carbocycles. The number of rotatable bonds is 19. The van der Waals surface area contributed by atoms with Crippen LogP contribution in [0.25, 0.3) is 0 Å². The predicted octanol–water partition coefficient (Wildman–Crippen LogP) is 2.67. The van der Waals surface area contributed by atoms with Crippen LogP contribution in [0.3, 0.4) is 0 Å². The Hall–Kier alpha value is -5.43. The first-order chi connectivity index (χ1) is 24.3. The van der Waals surface area contributed by atoms with E-state index >= 15 is 0 Å². The van der Waals surface area contributed by atoms with Gasteiger partial charge in [-0.3, -0.25) is 24.2 Å². The van der Waals surface area contributed by atoms with Crippen LogP contribution in [-0.4, -0.2) is 54.8 Å². The largest absolute Gasteiger partial charge is 0.489 e. The van der Waals surface area contributed by atoms with Gasteiger partial charge in [-0.1, -0.05) is 75.4 Å². The fourth-order valence-corrected chi connectivity index (χ4v) is 5.22. The highest BCUT2D eigenvalue weighted by molar-refractivity contribution is 5.98.